The molecule has 0 radical (unpaired) electrons. The van der Waals surface area contributed by atoms with Gasteiger partial charge in [-0.15, -0.1) is 0 Å². The van der Waals surface area contributed by atoms with E-state index in [0.717, 1.165) is 0 Å². The van der Waals surface area contributed by atoms with Gasteiger partial charge in [0.1, 0.15) is 10.8 Å². The lowest BCUT2D eigenvalue weighted by atomic mass is 10.2. The summed E-state index contributed by atoms with van der Waals surface area (Å²) in [6.07, 6.45) is 0. The minimum Gasteiger partial charge on any atom is -0.478 e. The average molecular weight is 378 g/mol. The summed E-state index contributed by atoms with van der Waals surface area (Å²) in [5.41, 5.74) is 0.572. The van der Waals surface area contributed by atoms with E-state index in [1.165, 1.54) is 18.2 Å². The summed E-state index contributed by atoms with van der Waals surface area (Å²) in [4.78, 5) is 25.5. The van der Waals surface area contributed by atoms with E-state index in [0.29, 0.717) is 10.2 Å². The second-order valence-corrected chi connectivity index (χ2v) is 5.44. The Hall–Kier alpha value is -1.50. The molecule has 1 aromatic heterocycles. The van der Waals surface area contributed by atoms with Gasteiger partial charge in [-0.05, 0) is 40.2 Å². The molecular weight excluding hydrogens is 371 g/mol. The van der Waals surface area contributed by atoms with Gasteiger partial charge in [0.25, 0.3) is 5.91 Å². The van der Waals surface area contributed by atoms with Crippen molar-refractivity contribution < 1.29 is 14.7 Å². The SMILES string of the molecule is O=C(Nc1ccc(Br)c(C(=O)O)c1)c1cc(Cl)c(Cl)[nH]1. The van der Waals surface area contributed by atoms with E-state index in [2.05, 4.69) is 26.2 Å². The van der Waals surface area contributed by atoms with Crippen molar-refractivity contribution in [2.75, 3.05) is 5.32 Å². The van der Waals surface area contributed by atoms with Crippen LogP contribution in [0.25, 0.3) is 0 Å². The summed E-state index contributed by atoms with van der Waals surface area (Å²) in [5, 5.41) is 11.9. The Bertz CT molecular complexity index is 681. The lowest BCUT2D eigenvalue weighted by Crippen LogP contribution is -2.13. The zero-order valence-corrected chi connectivity index (χ0v) is 12.8. The summed E-state index contributed by atoms with van der Waals surface area (Å²) in [7, 11) is 0. The normalized spacial score (nSPS) is 10.3. The van der Waals surface area contributed by atoms with Gasteiger partial charge < -0.3 is 15.4 Å². The van der Waals surface area contributed by atoms with Gasteiger partial charge in [0.2, 0.25) is 0 Å². The fraction of sp³-hybridized carbons (Fsp3) is 0. The summed E-state index contributed by atoms with van der Waals surface area (Å²) in [6.45, 7) is 0. The molecule has 0 bridgehead atoms. The monoisotopic (exact) mass is 376 g/mol. The lowest BCUT2D eigenvalue weighted by molar-refractivity contribution is 0.0695. The van der Waals surface area contributed by atoms with Crippen molar-refractivity contribution in [3.05, 3.63) is 50.2 Å². The highest BCUT2D eigenvalue weighted by Crippen LogP contribution is 2.24. The summed E-state index contributed by atoms with van der Waals surface area (Å²) >= 11 is 14.6. The highest BCUT2D eigenvalue weighted by Gasteiger charge is 2.14. The van der Waals surface area contributed by atoms with Crippen LogP contribution in [-0.2, 0) is 0 Å². The van der Waals surface area contributed by atoms with Crippen molar-refractivity contribution >= 4 is 56.7 Å². The van der Waals surface area contributed by atoms with Crippen LogP contribution in [0, 0.1) is 0 Å². The van der Waals surface area contributed by atoms with E-state index >= 15 is 0 Å². The third kappa shape index (κ3) is 3.15. The van der Waals surface area contributed by atoms with Crippen LogP contribution in [0.1, 0.15) is 20.8 Å². The first-order valence-electron chi connectivity index (χ1n) is 5.26. The molecule has 1 heterocycles. The van der Waals surface area contributed by atoms with Crippen molar-refractivity contribution in [3.63, 3.8) is 0 Å². The van der Waals surface area contributed by atoms with Crippen molar-refractivity contribution in [3.8, 4) is 0 Å². The van der Waals surface area contributed by atoms with Crippen molar-refractivity contribution in [2.45, 2.75) is 0 Å². The number of halogens is 3. The van der Waals surface area contributed by atoms with Crippen LogP contribution in [0.3, 0.4) is 0 Å². The number of anilines is 1. The topological polar surface area (TPSA) is 82.2 Å². The molecule has 5 nitrogen and oxygen atoms in total. The number of aromatic nitrogens is 1. The molecule has 0 unspecified atom stereocenters. The smallest absolute Gasteiger partial charge is 0.336 e. The van der Waals surface area contributed by atoms with Gasteiger partial charge in [-0.25, -0.2) is 4.79 Å². The number of carbonyl (C=O) groups excluding carboxylic acids is 1. The number of carbonyl (C=O) groups is 2. The van der Waals surface area contributed by atoms with E-state index in [9.17, 15) is 9.59 Å². The zero-order chi connectivity index (χ0) is 14.9. The molecule has 0 aliphatic carbocycles. The minimum atomic E-state index is -1.10. The van der Waals surface area contributed by atoms with Crippen LogP contribution in [-0.4, -0.2) is 22.0 Å². The molecular formula is C12H7BrCl2N2O3. The number of carboxylic acids is 1. The second-order valence-electron chi connectivity index (χ2n) is 3.80. The number of nitrogens with one attached hydrogen (secondary N) is 2. The molecule has 0 aliphatic rings. The molecule has 0 atom stereocenters. The number of aromatic amines is 1. The first kappa shape index (κ1) is 14.9. The predicted molar refractivity (Wildman–Crippen MR) is 79.9 cm³/mol. The quantitative estimate of drug-likeness (QED) is 0.754. The number of benzene rings is 1. The first-order chi connectivity index (χ1) is 9.38. The number of hydrogen-bond acceptors (Lipinski definition) is 2. The Balaban J connectivity index is 2.24. The number of hydrogen-bond donors (Lipinski definition) is 3. The molecule has 0 spiro atoms. The molecule has 20 heavy (non-hydrogen) atoms. The maximum Gasteiger partial charge on any atom is 0.336 e. The zero-order valence-electron chi connectivity index (χ0n) is 9.71. The van der Waals surface area contributed by atoms with Crippen LogP contribution in [0.15, 0.2) is 28.7 Å². The molecule has 2 aromatic rings. The van der Waals surface area contributed by atoms with Crippen LogP contribution in [0.4, 0.5) is 5.69 Å². The van der Waals surface area contributed by atoms with Gasteiger partial charge in [0, 0.05) is 10.2 Å². The summed E-state index contributed by atoms with van der Waals surface area (Å²) in [5.74, 6) is -1.57. The lowest BCUT2D eigenvalue weighted by Gasteiger charge is -2.06. The number of aromatic carboxylic acids is 1. The molecule has 8 heteroatoms. The van der Waals surface area contributed by atoms with Gasteiger partial charge in [0.05, 0.1) is 10.6 Å². The first-order valence-corrected chi connectivity index (χ1v) is 6.81. The van der Waals surface area contributed by atoms with E-state index in [4.69, 9.17) is 28.3 Å². The van der Waals surface area contributed by atoms with Gasteiger partial charge in [-0.2, -0.15) is 0 Å². The predicted octanol–water partition coefficient (Wildman–Crippen LogP) is 4.03. The molecule has 3 N–H and O–H groups in total. The maximum absolute atomic E-state index is 11.9. The van der Waals surface area contributed by atoms with Gasteiger partial charge in [-0.1, -0.05) is 23.2 Å². The van der Waals surface area contributed by atoms with Gasteiger partial charge in [-0.3, -0.25) is 4.79 Å². The fourth-order valence-electron chi connectivity index (χ4n) is 1.49. The molecule has 0 aliphatic heterocycles. The van der Waals surface area contributed by atoms with Crippen LogP contribution < -0.4 is 5.32 Å². The molecule has 2 rings (SSSR count). The highest BCUT2D eigenvalue weighted by atomic mass is 79.9. The van der Waals surface area contributed by atoms with Gasteiger partial charge in [0.15, 0.2) is 0 Å². The number of H-pyrrole nitrogens is 1. The van der Waals surface area contributed by atoms with Crippen LogP contribution in [0.2, 0.25) is 10.2 Å². The number of amides is 1. The number of rotatable bonds is 3. The maximum atomic E-state index is 11.9. The number of carboxylic acid groups (broad SMARTS) is 1. The Morgan fingerprint density at radius 1 is 1.25 bits per heavy atom. The minimum absolute atomic E-state index is 0.0466. The Labute approximate surface area is 132 Å². The average Bonchev–Trinajstić information content (AvgIpc) is 2.72. The molecule has 0 saturated carbocycles. The van der Waals surface area contributed by atoms with Crippen molar-refractivity contribution in [2.24, 2.45) is 0 Å². The Morgan fingerprint density at radius 2 is 1.95 bits per heavy atom. The standard InChI is InChI=1S/C12H7BrCl2N2O3/c13-7-2-1-5(3-6(7)12(19)20)16-11(18)9-4-8(14)10(15)17-9/h1-4,17H,(H,16,18)(H,19,20). The Kier molecular flexibility index (Phi) is 4.37. The third-order valence-corrected chi connectivity index (χ3v) is 3.81. The van der Waals surface area contributed by atoms with Crippen molar-refractivity contribution in [1.82, 2.24) is 4.98 Å². The van der Waals surface area contributed by atoms with E-state index < -0.39 is 11.9 Å². The van der Waals surface area contributed by atoms with Crippen LogP contribution in [0.5, 0.6) is 0 Å². The fourth-order valence-corrected chi connectivity index (χ4v) is 2.22. The summed E-state index contributed by atoms with van der Waals surface area (Å²) in [6, 6.07) is 5.83. The molecule has 1 amide bonds. The van der Waals surface area contributed by atoms with Crippen molar-refractivity contribution in [1.29, 1.82) is 0 Å². The molecule has 104 valence electrons. The largest absolute Gasteiger partial charge is 0.478 e. The second kappa shape index (κ2) is 5.87. The molecule has 0 saturated heterocycles. The van der Waals surface area contributed by atoms with E-state index in [1.54, 1.807) is 6.07 Å². The molecule has 0 fully saturated rings. The Morgan fingerprint density at radius 3 is 2.50 bits per heavy atom. The van der Waals surface area contributed by atoms with Crippen LogP contribution >= 0.6 is 39.1 Å². The van der Waals surface area contributed by atoms with E-state index in [-0.39, 0.29) is 21.4 Å². The third-order valence-electron chi connectivity index (χ3n) is 2.42. The summed E-state index contributed by atoms with van der Waals surface area (Å²) < 4.78 is 0.425. The highest BCUT2D eigenvalue weighted by molar-refractivity contribution is 9.10. The molecule has 1 aromatic carbocycles. The van der Waals surface area contributed by atoms with E-state index in [1.807, 2.05) is 0 Å². The van der Waals surface area contributed by atoms with Gasteiger partial charge >= 0.3 is 5.97 Å².